The lowest BCUT2D eigenvalue weighted by molar-refractivity contribution is 0.374. The lowest BCUT2D eigenvalue weighted by Crippen LogP contribution is -2.31. The zero-order valence-corrected chi connectivity index (χ0v) is 11.6. The van der Waals surface area contributed by atoms with Gasteiger partial charge in [0, 0.05) is 19.2 Å². The third kappa shape index (κ3) is 2.57. The Kier molecular flexibility index (Phi) is 3.30. The number of nitrogen functional groups attached to an aromatic ring is 1. The Morgan fingerprint density at radius 1 is 1.26 bits per heavy atom. The highest BCUT2D eigenvalue weighted by Crippen LogP contribution is 2.34. The van der Waals surface area contributed by atoms with E-state index in [4.69, 9.17) is 5.73 Å². The number of rotatable bonds is 2. The van der Waals surface area contributed by atoms with Crippen molar-refractivity contribution < 1.29 is 17.2 Å². The van der Waals surface area contributed by atoms with Gasteiger partial charge in [0.25, 0.3) is 0 Å². The summed E-state index contributed by atoms with van der Waals surface area (Å²) in [6, 6.07) is 1.34. The summed E-state index contributed by atoms with van der Waals surface area (Å²) < 4.78 is 52.6. The van der Waals surface area contributed by atoms with Crippen LogP contribution >= 0.6 is 0 Å². The summed E-state index contributed by atoms with van der Waals surface area (Å²) in [4.78, 5) is -0.566. The fraction of sp³-hybridized carbons (Fsp3) is 0.500. The predicted molar refractivity (Wildman–Crippen MR) is 67.9 cm³/mol. The van der Waals surface area contributed by atoms with Crippen LogP contribution in [0.5, 0.6) is 0 Å². The number of hydrogen-bond donors (Lipinski definition) is 1. The molecule has 0 bridgehead atoms. The average molecular weight is 290 g/mol. The molecule has 1 aliphatic heterocycles. The first-order chi connectivity index (χ1) is 8.63. The number of nitrogens with zero attached hydrogens (tertiary/aromatic N) is 1. The number of sulfonamides is 1. The van der Waals surface area contributed by atoms with Gasteiger partial charge >= 0.3 is 0 Å². The molecule has 0 unspecified atom stereocenters. The Balaban J connectivity index is 2.44. The van der Waals surface area contributed by atoms with E-state index in [0.29, 0.717) is 25.6 Å². The summed E-state index contributed by atoms with van der Waals surface area (Å²) in [5, 5.41) is 0. The third-order valence-electron chi connectivity index (χ3n) is 3.31. The van der Waals surface area contributed by atoms with Gasteiger partial charge in [-0.1, -0.05) is 13.8 Å². The van der Waals surface area contributed by atoms with Crippen LogP contribution in [0.2, 0.25) is 0 Å². The first kappa shape index (κ1) is 14.2. The van der Waals surface area contributed by atoms with E-state index in [1.165, 1.54) is 4.31 Å². The fourth-order valence-corrected chi connectivity index (χ4v) is 3.86. The smallest absolute Gasteiger partial charge is 0.246 e. The molecule has 0 aromatic heterocycles. The SMILES string of the molecule is CC1(C)CCN(S(=O)(=O)c2cc(N)c(F)cc2F)C1. The Morgan fingerprint density at radius 2 is 1.89 bits per heavy atom. The van der Waals surface area contributed by atoms with Crippen molar-refractivity contribution in [2.24, 2.45) is 5.41 Å². The number of nitrogens with two attached hydrogens (primary N) is 1. The number of benzene rings is 1. The molecule has 1 fully saturated rings. The molecule has 0 aliphatic carbocycles. The lowest BCUT2D eigenvalue weighted by Gasteiger charge is -2.20. The van der Waals surface area contributed by atoms with Gasteiger partial charge in [-0.05, 0) is 17.9 Å². The third-order valence-corrected chi connectivity index (χ3v) is 5.17. The molecule has 1 heterocycles. The van der Waals surface area contributed by atoms with Crippen LogP contribution in [0.15, 0.2) is 17.0 Å². The lowest BCUT2D eigenvalue weighted by atomic mass is 9.93. The van der Waals surface area contributed by atoms with Crippen LogP contribution < -0.4 is 5.73 Å². The second kappa shape index (κ2) is 4.42. The second-order valence-electron chi connectivity index (χ2n) is 5.56. The van der Waals surface area contributed by atoms with E-state index in [2.05, 4.69) is 0 Å². The van der Waals surface area contributed by atoms with Gasteiger partial charge < -0.3 is 5.73 Å². The van der Waals surface area contributed by atoms with Gasteiger partial charge in [-0.2, -0.15) is 4.31 Å². The molecule has 0 atom stereocenters. The van der Waals surface area contributed by atoms with Crippen molar-refractivity contribution in [1.29, 1.82) is 0 Å². The van der Waals surface area contributed by atoms with Gasteiger partial charge in [0.05, 0.1) is 5.69 Å². The minimum atomic E-state index is -3.97. The van der Waals surface area contributed by atoms with Gasteiger partial charge in [-0.3, -0.25) is 0 Å². The zero-order valence-electron chi connectivity index (χ0n) is 10.8. The highest BCUT2D eigenvalue weighted by Gasteiger charge is 2.38. The Bertz CT molecular complexity index is 614. The van der Waals surface area contributed by atoms with E-state index >= 15 is 0 Å². The normalized spacial score (nSPS) is 19.8. The summed E-state index contributed by atoms with van der Waals surface area (Å²) >= 11 is 0. The van der Waals surface area contributed by atoms with Crippen molar-refractivity contribution >= 4 is 15.7 Å². The molecule has 19 heavy (non-hydrogen) atoms. The number of hydrogen-bond acceptors (Lipinski definition) is 3. The molecule has 0 saturated carbocycles. The molecule has 1 aromatic carbocycles. The van der Waals surface area contributed by atoms with Gasteiger partial charge in [0.2, 0.25) is 10.0 Å². The minimum absolute atomic E-state index is 0.144. The molecule has 0 amide bonds. The quantitative estimate of drug-likeness (QED) is 0.847. The molecule has 1 aliphatic rings. The monoisotopic (exact) mass is 290 g/mol. The first-order valence-electron chi connectivity index (χ1n) is 5.88. The zero-order chi connectivity index (χ0) is 14.4. The van der Waals surface area contributed by atoms with E-state index in [0.717, 1.165) is 6.07 Å². The van der Waals surface area contributed by atoms with Gasteiger partial charge in [-0.15, -0.1) is 0 Å². The standard InChI is InChI=1S/C12H16F2N2O2S/c1-12(2)3-4-16(7-12)19(17,18)11-6-10(15)8(13)5-9(11)14/h5-6H,3-4,7,15H2,1-2H3. The molecular formula is C12H16F2N2O2S. The fourth-order valence-electron chi connectivity index (χ4n) is 2.15. The molecule has 1 aromatic rings. The summed E-state index contributed by atoms with van der Waals surface area (Å²) in [7, 11) is -3.97. The summed E-state index contributed by atoms with van der Waals surface area (Å²) in [6.07, 6.45) is 0.699. The van der Waals surface area contributed by atoms with E-state index in [-0.39, 0.29) is 11.1 Å². The van der Waals surface area contributed by atoms with Crippen molar-refractivity contribution in [1.82, 2.24) is 4.31 Å². The van der Waals surface area contributed by atoms with Crippen LogP contribution in [0.4, 0.5) is 14.5 Å². The highest BCUT2D eigenvalue weighted by molar-refractivity contribution is 7.89. The van der Waals surface area contributed by atoms with E-state index < -0.39 is 26.6 Å². The van der Waals surface area contributed by atoms with Crippen LogP contribution in [0.25, 0.3) is 0 Å². The van der Waals surface area contributed by atoms with E-state index in [1.54, 1.807) is 0 Å². The second-order valence-corrected chi connectivity index (χ2v) is 7.46. The van der Waals surface area contributed by atoms with Crippen LogP contribution in [0.1, 0.15) is 20.3 Å². The van der Waals surface area contributed by atoms with Crippen LogP contribution in [0.3, 0.4) is 0 Å². The Morgan fingerprint density at radius 3 is 2.42 bits per heavy atom. The molecule has 0 spiro atoms. The van der Waals surface area contributed by atoms with Crippen LogP contribution in [0, 0.1) is 17.0 Å². The predicted octanol–water partition coefficient (Wildman–Crippen LogP) is 1.97. The van der Waals surface area contributed by atoms with Crippen molar-refractivity contribution in [2.75, 3.05) is 18.8 Å². The first-order valence-corrected chi connectivity index (χ1v) is 7.32. The van der Waals surface area contributed by atoms with Crippen molar-refractivity contribution in [3.05, 3.63) is 23.8 Å². The average Bonchev–Trinajstić information content (AvgIpc) is 2.64. The summed E-state index contributed by atoms with van der Waals surface area (Å²) in [6.45, 7) is 4.52. The van der Waals surface area contributed by atoms with Crippen molar-refractivity contribution in [3.8, 4) is 0 Å². The largest absolute Gasteiger partial charge is 0.396 e. The summed E-state index contributed by atoms with van der Waals surface area (Å²) in [5.74, 6) is -2.07. The van der Waals surface area contributed by atoms with Gasteiger partial charge in [-0.25, -0.2) is 17.2 Å². The van der Waals surface area contributed by atoms with Gasteiger partial charge in [0.1, 0.15) is 16.5 Å². The molecule has 2 N–H and O–H groups in total. The molecule has 0 radical (unpaired) electrons. The van der Waals surface area contributed by atoms with Crippen LogP contribution in [-0.4, -0.2) is 25.8 Å². The maximum Gasteiger partial charge on any atom is 0.246 e. The van der Waals surface area contributed by atoms with Gasteiger partial charge in [0.15, 0.2) is 0 Å². The minimum Gasteiger partial charge on any atom is -0.396 e. The molecule has 1 saturated heterocycles. The Hall–Kier alpha value is -1.21. The highest BCUT2D eigenvalue weighted by atomic mass is 32.2. The maximum atomic E-state index is 13.7. The number of halogens is 2. The topological polar surface area (TPSA) is 63.4 Å². The summed E-state index contributed by atoms with van der Waals surface area (Å²) in [5.41, 5.74) is 4.79. The molecule has 7 heteroatoms. The van der Waals surface area contributed by atoms with Crippen LogP contribution in [-0.2, 0) is 10.0 Å². The van der Waals surface area contributed by atoms with Crippen molar-refractivity contribution in [2.45, 2.75) is 25.2 Å². The molecule has 2 rings (SSSR count). The maximum absolute atomic E-state index is 13.7. The van der Waals surface area contributed by atoms with E-state index in [9.17, 15) is 17.2 Å². The number of anilines is 1. The van der Waals surface area contributed by atoms with E-state index in [1.807, 2.05) is 13.8 Å². The molecule has 106 valence electrons. The molecule has 4 nitrogen and oxygen atoms in total. The Labute approximate surface area is 111 Å². The molecular weight excluding hydrogens is 274 g/mol. The van der Waals surface area contributed by atoms with Crippen molar-refractivity contribution in [3.63, 3.8) is 0 Å².